The lowest BCUT2D eigenvalue weighted by Gasteiger charge is -2.45. The first-order valence-corrected chi connectivity index (χ1v) is 7.64. The third-order valence-corrected chi connectivity index (χ3v) is 4.52. The van der Waals surface area contributed by atoms with E-state index >= 15 is 0 Å². The first-order valence-electron chi connectivity index (χ1n) is 7.64. The maximum Gasteiger partial charge on any atom is 0.0991 e. The van der Waals surface area contributed by atoms with Crippen LogP contribution in [0.4, 0.5) is 0 Å². The molecule has 1 aromatic rings. The van der Waals surface area contributed by atoms with Crippen molar-refractivity contribution in [1.29, 1.82) is 5.26 Å². The Kier molecular flexibility index (Phi) is 5.35. The molecule has 2 N–H and O–H groups in total. The van der Waals surface area contributed by atoms with Crippen molar-refractivity contribution < 1.29 is 10.2 Å². The van der Waals surface area contributed by atoms with Crippen LogP contribution in [0.5, 0.6) is 0 Å². The molecule has 1 aromatic carbocycles. The lowest BCUT2D eigenvalue weighted by molar-refractivity contribution is -0.0819. The number of piperidine rings is 1. The molecule has 0 aromatic heterocycles. The summed E-state index contributed by atoms with van der Waals surface area (Å²) in [6, 6.07) is 9.74. The van der Waals surface area contributed by atoms with E-state index in [4.69, 9.17) is 5.26 Å². The highest BCUT2D eigenvalue weighted by Gasteiger charge is 2.41. The molecule has 0 unspecified atom stereocenters. The topological polar surface area (TPSA) is 67.5 Å². The molecule has 0 bridgehead atoms. The van der Waals surface area contributed by atoms with Crippen LogP contribution in [0.3, 0.4) is 0 Å². The standard InChI is InChI=1S/C17H24N2O2/c1-2-8-17(13-20)12-19(9-7-16(17)21)11-15-5-3-14(10-18)4-6-15/h3-6,16,20-21H,2,7-9,11-13H2,1H3/t16-,17+/m1/s1. The Bertz CT molecular complexity index is 495. The zero-order valence-corrected chi connectivity index (χ0v) is 12.6. The van der Waals surface area contributed by atoms with Crippen LogP contribution in [0.25, 0.3) is 0 Å². The molecule has 4 nitrogen and oxygen atoms in total. The number of likely N-dealkylation sites (tertiary alicyclic amines) is 1. The SMILES string of the molecule is CCC[C@@]1(CO)CN(Cc2ccc(C#N)cc2)CC[C@H]1O. The summed E-state index contributed by atoms with van der Waals surface area (Å²) in [6.07, 6.45) is 2.09. The van der Waals surface area contributed by atoms with Gasteiger partial charge in [-0.3, -0.25) is 4.90 Å². The summed E-state index contributed by atoms with van der Waals surface area (Å²) in [7, 11) is 0. The molecule has 1 aliphatic rings. The maximum absolute atomic E-state index is 10.3. The van der Waals surface area contributed by atoms with Gasteiger partial charge in [0.2, 0.25) is 0 Å². The number of nitriles is 1. The van der Waals surface area contributed by atoms with Gasteiger partial charge in [-0.2, -0.15) is 5.26 Å². The third kappa shape index (κ3) is 3.62. The van der Waals surface area contributed by atoms with Gasteiger partial charge in [0.1, 0.15) is 0 Å². The molecule has 2 rings (SSSR count). The normalized spacial score (nSPS) is 26.5. The predicted octanol–water partition coefficient (Wildman–Crippen LogP) is 1.90. The fourth-order valence-corrected chi connectivity index (χ4v) is 3.30. The van der Waals surface area contributed by atoms with Crippen LogP contribution in [0, 0.1) is 16.7 Å². The Morgan fingerprint density at radius 3 is 2.67 bits per heavy atom. The molecule has 1 heterocycles. The highest BCUT2D eigenvalue weighted by Crippen LogP contribution is 2.35. The Hall–Kier alpha value is -1.41. The number of hydrogen-bond donors (Lipinski definition) is 2. The van der Waals surface area contributed by atoms with E-state index in [9.17, 15) is 10.2 Å². The summed E-state index contributed by atoms with van der Waals surface area (Å²) in [5, 5.41) is 28.9. The third-order valence-electron chi connectivity index (χ3n) is 4.52. The van der Waals surface area contributed by atoms with Gasteiger partial charge in [0.25, 0.3) is 0 Å². The van der Waals surface area contributed by atoms with Crippen molar-refractivity contribution in [3.8, 4) is 6.07 Å². The molecule has 0 saturated carbocycles. The van der Waals surface area contributed by atoms with Crippen molar-refractivity contribution in [2.75, 3.05) is 19.7 Å². The number of benzene rings is 1. The number of hydrogen-bond acceptors (Lipinski definition) is 4. The minimum Gasteiger partial charge on any atom is -0.396 e. The fraction of sp³-hybridized carbons (Fsp3) is 0.588. The molecular formula is C17H24N2O2. The zero-order chi connectivity index (χ0) is 15.3. The molecule has 1 saturated heterocycles. The Labute approximate surface area is 126 Å². The second-order valence-electron chi connectivity index (χ2n) is 6.09. The molecule has 2 atom stereocenters. The van der Waals surface area contributed by atoms with E-state index in [1.165, 1.54) is 0 Å². The van der Waals surface area contributed by atoms with E-state index in [-0.39, 0.29) is 12.0 Å². The summed E-state index contributed by atoms with van der Waals surface area (Å²) in [4.78, 5) is 2.29. The van der Waals surface area contributed by atoms with Gasteiger partial charge in [0.15, 0.2) is 0 Å². The summed E-state index contributed by atoms with van der Waals surface area (Å²) in [5.74, 6) is 0. The number of aliphatic hydroxyl groups excluding tert-OH is 2. The van der Waals surface area contributed by atoms with E-state index < -0.39 is 6.10 Å². The molecule has 21 heavy (non-hydrogen) atoms. The van der Waals surface area contributed by atoms with E-state index in [0.29, 0.717) is 12.0 Å². The van der Waals surface area contributed by atoms with Crippen LogP contribution in [0.1, 0.15) is 37.3 Å². The second kappa shape index (κ2) is 7.04. The number of rotatable bonds is 5. The Balaban J connectivity index is 2.05. The molecule has 0 aliphatic carbocycles. The van der Waals surface area contributed by atoms with Crippen molar-refractivity contribution in [3.63, 3.8) is 0 Å². The summed E-state index contributed by atoms with van der Waals surface area (Å²) < 4.78 is 0. The van der Waals surface area contributed by atoms with Gasteiger partial charge in [-0.15, -0.1) is 0 Å². The van der Waals surface area contributed by atoms with Crippen LogP contribution in [0.15, 0.2) is 24.3 Å². The number of aliphatic hydroxyl groups is 2. The van der Waals surface area contributed by atoms with Gasteiger partial charge in [0.05, 0.1) is 24.3 Å². The van der Waals surface area contributed by atoms with Crippen molar-refractivity contribution in [3.05, 3.63) is 35.4 Å². The van der Waals surface area contributed by atoms with Crippen molar-refractivity contribution in [2.45, 2.75) is 38.8 Å². The molecule has 0 amide bonds. The first kappa shape index (κ1) is 16.0. The minimum atomic E-state index is -0.417. The summed E-state index contributed by atoms with van der Waals surface area (Å²) in [5.41, 5.74) is 1.44. The van der Waals surface area contributed by atoms with Gasteiger partial charge in [-0.1, -0.05) is 25.5 Å². The molecular weight excluding hydrogens is 264 g/mol. The monoisotopic (exact) mass is 288 g/mol. The summed E-state index contributed by atoms with van der Waals surface area (Å²) >= 11 is 0. The highest BCUT2D eigenvalue weighted by molar-refractivity contribution is 5.31. The van der Waals surface area contributed by atoms with Crippen molar-refractivity contribution in [1.82, 2.24) is 4.90 Å². The van der Waals surface area contributed by atoms with E-state index in [0.717, 1.165) is 38.0 Å². The number of nitrogens with zero attached hydrogens (tertiary/aromatic N) is 2. The van der Waals surface area contributed by atoms with Gasteiger partial charge in [-0.25, -0.2) is 0 Å². The van der Waals surface area contributed by atoms with E-state index in [1.54, 1.807) is 0 Å². The van der Waals surface area contributed by atoms with Crippen molar-refractivity contribution in [2.24, 2.45) is 5.41 Å². The van der Waals surface area contributed by atoms with E-state index in [1.807, 2.05) is 24.3 Å². The first-order chi connectivity index (χ1) is 10.1. The molecule has 0 radical (unpaired) electrons. The van der Waals surface area contributed by atoms with Crippen LogP contribution < -0.4 is 0 Å². The molecule has 0 spiro atoms. The summed E-state index contributed by atoms with van der Waals surface area (Å²) in [6.45, 7) is 4.48. The fourth-order valence-electron chi connectivity index (χ4n) is 3.30. The van der Waals surface area contributed by atoms with Crippen LogP contribution >= 0.6 is 0 Å². The lowest BCUT2D eigenvalue weighted by Crippen LogP contribution is -2.53. The van der Waals surface area contributed by atoms with E-state index in [2.05, 4.69) is 17.9 Å². The molecule has 114 valence electrons. The second-order valence-corrected chi connectivity index (χ2v) is 6.09. The predicted molar refractivity (Wildman–Crippen MR) is 81.5 cm³/mol. The van der Waals surface area contributed by atoms with Crippen molar-refractivity contribution >= 4 is 0 Å². The molecule has 4 heteroatoms. The minimum absolute atomic E-state index is 0.0336. The van der Waals surface area contributed by atoms with Gasteiger partial charge >= 0.3 is 0 Å². The van der Waals surface area contributed by atoms with Crippen LogP contribution in [-0.2, 0) is 6.54 Å². The largest absolute Gasteiger partial charge is 0.396 e. The smallest absolute Gasteiger partial charge is 0.0991 e. The highest BCUT2D eigenvalue weighted by atomic mass is 16.3. The zero-order valence-electron chi connectivity index (χ0n) is 12.6. The quantitative estimate of drug-likeness (QED) is 0.868. The lowest BCUT2D eigenvalue weighted by atomic mass is 9.74. The Morgan fingerprint density at radius 1 is 1.38 bits per heavy atom. The van der Waals surface area contributed by atoms with Crippen LogP contribution in [0.2, 0.25) is 0 Å². The van der Waals surface area contributed by atoms with Gasteiger partial charge in [0, 0.05) is 25.0 Å². The average Bonchev–Trinajstić information content (AvgIpc) is 2.51. The van der Waals surface area contributed by atoms with Gasteiger partial charge in [-0.05, 0) is 30.5 Å². The molecule has 1 aliphatic heterocycles. The van der Waals surface area contributed by atoms with Gasteiger partial charge < -0.3 is 10.2 Å². The Morgan fingerprint density at radius 2 is 2.10 bits per heavy atom. The van der Waals surface area contributed by atoms with Crippen LogP contribution in [-0.4, -0.2) is 40.9 Å². The maximum atomic E-state index is 10.3. The average molecular weight is 288 g/mol. The molecule has 1 fully saturated rings.